The van der Waals surface area contributed by atoms with E-state index < -0.39 is 0 Å². The molecule has 0 spiro atoms. The minimum absolute atomic E-state index is 0. The van der Waals surface area contributed by atoms with E-state index in [1.54, 1.807) is 6.07 Å². The van der Waals surface area contributed by atoms with Gasteiger partial charge in [-0.2, -0.15) is 0 Å². The molecule has 0 radical (unpaired) electrons. The number of rotatable bonds is 3. The van der Waals surface area contributed by atoms with Gasteiger partial charge in [0.05, 0.1) is 12.3 Å². The minimum Gasteiger partial charge on any atom is -0.492 e. The van der Waals surface area contributed by atoms with Crippen LogP contribution < -0.4 is 15.0 Å². The predicted molar refractivity (Wildman–Crippen MR) is 69.9 cm³/mol. The first-order valence-corrected chi connectivity index (χ1v) is 5.69. The molecule has 0 aliphatic carbocycles. The van der Waals surface area contributed by atoms with Crippen molar-refractivity contribution in [3.8, 4) is 5.75 Å². The average molecular weight is 261 g/mol. The van der Waals surface area contributed by atoms with Crippen molar-refractivity contribution >= 4 is 18.1 Å². The van der Waals surface area contributed by atoms with E-state index in [0.717, 1.165) is 31.9 Å². The second-order valence-electron chi connectivity index (χ2n) is 3.78. The summed E-state index contributed by atoms with van der Waals surface area (Å²) in [6.45, 7) is 6.26. The van der Waals surface area contributed by atoms with E-state index in [9.17, 15) is 4.39 Å². The van der Waals surface area contributed by atoms with Gasteiger partial charge < -0.3 is 15.0 Å². The second-order valence-corrected chi connectivity index (χ2v) is 3.78. The third kappa shape index (κ3) is 3.48. The topological polar surface area (TPSA) is 24.5 Å². The van der Waals surface area contributed by atoms with E-state index in [0.29, 0.717) is 12.4 Å². The Bertz CT molecular complexity index is 356. The molecule has 1 aromatic rings. The minimum atomic E-state index is -0.248. The Kier molecular flexibility index (Phi) is 5.51. The number of nitrogens with one attached hydrogen (secondary N) is 1. The van der Waals surface area contributed by atoms with Gasteiger partial charge >= 0.3 is 0 Å². The van der Waals surface area contributed by atoms with E-state index in [-0.39, 0.29) is 18.2 Å². The first-order valence-electron chi connectivity index (χ1n) is 5.69. The summed E-state index contributed by atoms with van der Waals surface area (Å²) in [5.74, 6) is 0.395. The Morgan fingerprint density at radius 1 is 1.35 bits per heavy atom. The van der Waals surface area contributed by atoms with Crippen molar-refractivity contribution < 1.29 is 9.13 Å². The lowest BCUT2D eigenvalue weighted by molar-refractivity contribution is 0.338. The maximum absolute atomic E-state index is 13.1. The van der Waals surface area contributed by atoms with Crippen LogP contribution in [-0.4, -0.2) is 32.8 Å². The fourth-order valence-corrected chi connectivity index (χ4v) is 1.93. The molecule has 1 aromatic carbocycles. The second kappa shape index (κ2) is 6.67. The van der Waals surface area contributed by atoms with E-state index in [4.69, 9.17) is 4.74 Å². The van der Waals surface area contributed by atoms with Crippen molar-refractivity contribution in [2.45, 2.75) is 6.92 Å². The van der Waals surface area contributed by atoms with Gasteiger partial charge in [0, 0.05) is 32.2 Å². The quantitative estimate of drug-likeness (QED) is 0.900. The SMILES string of the molecule is CCOc1cc(F)ccc1N1CCNCC1.Cl. The van der Waals surface area contributed by atoms with Crippen LogP contribution in [0.3, 0.4) is 0 Å². The number of ether oxygens (including phenoxy) is 1. The Hall–Kier alpha value is -1.00. The van der Waals surface area contributed by atoms with Gasteiger partial charge in [-0.15, -0.1) is 12.4 Å². The van der Waals surface area contributed by atoms with Gasteiger partial charge in [-0.05, 0) is 19.1 Å². The average Bonchev–Trinajstić information content (AvgIpc) is 2.31. The van der Waals surface area contributed by atoms with Crippen molar-refractivity contribution in [1.82, 2.24) is 5.32 Å². The van der Waals surface area contributed by atoms with E-state index in [1.165, 1.54) is 12.1 Å². The lowest BCUT2D eigenvalue weighted by Gasteiger charge is -2.30. The number of hydrogen-bond acceptors (Lipinski definition) is 3. The first-order chi connectivity index (χ1) is 7.81. The molecule has 1 aliphatic rings. The Balaban J connectivity index is 0.00000144. The molecule has 0 aromatic heterocycles. The van der Waals surface area contributed by atoms with Crippen LogP contribution in [0.5, 0.6) is 5.75 Å². The van der Waals surface area contributed by atoms with Crippen LogP contribution in [0, 0.1) is 5.82 Å². The van der Waals surface area contributed by atoms with Gasteiger partial charge in [-0.1, -0.05) is 0 Å². The Morgan fingerprint density at radius 3 is 2.71 bits per heavy atom. The van der Waals surface area contributed by atoms with Crippen LogP contribution in [0.1, 0.15) is 6.92 Å². The highest BCUT2D eigenvalue weighted by molar-refractivity contribution is 5.85. The molecule has 1 aliphatic heterocycles. The molecule has 96 valence electrons. The fourth-order valence-electron chi connectivity index (χ4n) is 1.93. The Morgan fingerprint density at radius 2 is 2.06 bits per heavy atom. The molecule has 2 rings (SSSR count). The summed E-state index contributed by atoms with van der Waals surface area (Å²) in [7, 11) is 0. The van der Waals surface area contributed by atoms with Crippen molar-refractivity contribution in [1.29, 1.82) is 0 Å². The largest absolute Gasteiger partial charge is 0.492 e. The number of nitrogens with zero attached hydrogens (tertiary/aromatic N) is 1. The summed E-state index contributed by atoms with van der Waals surface area (Å²) in [4.78, 5) is 2.22. The van der Waals surface area contributed by atoms with Gasteiger partial charge in [0.15, 0.2) is 0 Å². The summed E-state index contributed by atoms with van der Waals surface area (Å²) in [6.07, 6.45) is 0. The number of benzene rings is 1. The zero-order valence-corrected chi connectivity index (χ0v) is 10.7. The summed E-state index contributed by atoms with van der Waals surface area (Å²) >= 11 is 0. The summed E-state index contributed by atoms with van der Waals surface area (Å²) in [5.41, 5.74) is 0.991. The highest BCUT2D eigenvalue weighted by atomic mass is 35.5. The van der Waals surface area contributed by atoms with Gasteiger partial charge in [0.2, 0.25) is 0 Å². The number of hydrogen-bond donors (Lipinski definition) is 1. The van der Waals surface area contributed by atoms with Gasteiger partial charge in [-0.3, -0.25) is 0 Å². The van der Waals surface area contributed by atoms with E-state index in [1.807, 2.05) is 6.92 Å². The predicted octanol–water partition coefficient (Wildman–Crippen LogP) is 2.06. The molecule has 1 saturated heterocycles. The van der Waals surface area contributed by atoms with Crippen LogP contribution >= 0.6 is 12.4 Å². The van der Waals surface area contributed by atoms with E-state index >= 15 is 0 Å². The van der Waals surface area contributed by atoms with Crippen LogP contribution in [0.15, 0.2) is 18.2 Å². The van der Waals surface area contributed by atoms with Crippen LogP contribution in [0.2, 0.25) is 0 Å². The number of halogens is 2. The highest BCUT2D eigenvalue weighted by Gasteiger charge is 2.15. The molecule has 0 amide bonds. The monoisotopic (exact) mass is 260 g/mol. The first kappa shape index (κ1) is 14.1. The van der Waals surface area contributed by atoms with Crippen molar-refractivity contribution in [2.75, 3.05) is 37.7 Å². The molecular weight excluding hydrogens is 243 g/mol. The fraction of sp³-hybridized carbons (Fsp3) is 0.500. The zero-order valence-electron chi connectivity index (χ0n) is 9.91. The molecule has 0 bridgehead atoms. The van der Waals surface area contributed by atoms with Crippen LogP contribution in [-0.2, 0) is 0 Å². The molecule has 1 heterocycles. The maximum Gasteiger partial charge on any atom is 0.145 e. The molecule has 17 heavy (non-hydrogen) atoms. The van der Waals surface area contributed by atoms with E-state index in [2.05, 4.69) is 10.2 Å². The molecule has 0 atom stereocenters. The third-order valence-corrected chi connectivity index (χ3v) is 2.68. The molecule has 3 nitrogen and oxygen atoms in total. The van der Waals surface area contributed by atoms with Crippen molar-refractivity contribution in [2.24, 2.45) is 0 Å². The number of anilines is 1. The summed E-state index contributed by atoms with van der Waals surface area (Å²) in [5, 5.41) is 3.29. The molecule has 0 saturated carbocycles. The lowest BCUT2D eigenvalue weighted by Crippen LogP contribution is -2.43. The molecule has 0 unspecified atom stereocenters. The van der Waals surface area contributed by atoms with Crippen LogP contribution in [0.25, 0.3) is 0 Å². The summed E-state index contributed by atoms with van der Waals surface area (Å²) in [6, 6.07) is 4.74. The number of piperazine rings is 1. The Labute approximate surface area is 107 Å². The lowest BCUT2D eigenvalue weighted by atomic mass is 10.2. The van der Waals surface area contributed by atoms with Crippen LogP contribution in [0.4, 0.5) is 10.1 Å². The molecule has 1 N–H and O–H groups in total. The molecule has 1 fully saturated rings. The third-order valence-electron chi connectivity index (χ3n) is 2.68. The zero-order chi connectivity index (χ0) is 11.4. The van der Waals surface area contributed by atoms with Crippen molar-refractivity contribution in [3.63, 3.8) is 0 Å². The van der Waals surface area contributed by atoms with Gasteiger partial charge in [0.1, 0.15) is 11.6 Å². The smallest absolute Gasteiger partial charge is 0.145 e. The van der Waals surface area contributed by atoms with Gasteiger partial charge in [0.25, 0.3) is 0 Å². The van der Waals surface area contributed by atoms with Crippen molar-refractivity contribution in [3.05, 3.63) is 24.0 Å². The molecular formula is C12H18ClFN2O. The highest BCUT2D eigenvalue weighted by Crippen LogP contribution is 2.29. The normalized spacial score (nSPS) is 15.3. The van der Waals surface area contributed by atoms with Gasteiger partial charge in [-0.25, -0.2) is 4.39 Å². The summed E-state index contributed by atoms with van der Waals surface area (Å²) < 4.78 is 18.6. The molecule has 5 heteroatoms. The maximum atomic E-state index is 13.1. The standard InChI is InChI=1S/C12H17FN2O.ClH/c1-2-16-12-9-10(13)3-4-11(12)15-7-5-14-6-8-15;/h3-4,9,14H,2,5-8H2,1H3;1H.